The summed E-state index contributed by atoms with van der Waals surface area (Å²) in [6.07, 6.45) is 3.61. The lowest BCUT2D eigenvalue weighted by Crippen LogP contribution is -2.36. The van der Waals surface area contributed by atoms with E-state index in [1.165, 1.54) is 18.9 Å². The third-order valence-electron chi connectivity index (χ3n) is 3.51. The van der Waals surface area contributed by atoms with Crippen LogP contribution in [0.1, 0.15) is 30.5 Å². The number of ether oxygens (including phenoxy) is 1. The number of rotatable bonds is 4. The fourth-order valence-corrected chi connectivity index (χ4v) is 2.40. The van der Waals surface area contributed by atoms with Crippen molar-refractivity contribution in [2.45, 2.75) is 19.4 Å². The first kappa shape index (κ1) is 15.8. The summed E-state index contributed by atoms with van der Waals surface area (Å²) in [4.78, 5) is 36.4. The fraction of sp³-hybridized carbons (Fsp3) is 0.312. The molecule has 1 N–H and O–H groups in total. The van der Waals surface area contributed by atoms with Gasteiger partial charge in [-0.05, 0) is 17.2 Å². The van der Waals surface area contributed by atoms with Gasteiger partial charge in [0.05, 0.1) is 19.6 Å². The number of esters is 1. The summed E-state index contributed by atoms with van der Waals surface area (Å²) in [5, 5.41) is 2.50. The van der Waals surface area contributed by atoms with Gasteiger partial charge in [0.25, 0.3) is 0 Å². The molecule has 1 atom stereocenters. The molecular weight excluding hydrogens is 284 g/mol. The third-order valence-corrected chi connectivity index (χ3v) is 3.51. The number of nitrogens with one attached hydrogen (secondary N) is 1. The molecular formula is C16H18N2O4. The monoisotopic (exact) mass is 302 g/mol. The Balaban J connectivity index is 2.15. The Morgan fingerprint density at radius 2 is 2.00 bits per heavy atom. The van der Waals surface area contributed by atoms with Gasteiger partial charge in [0.2, 0.25) is 11.8 Å². The van der Waals surface area contributed by atoms with E-state index in [0.29, 0.717) is 0 Å². The van der Waals surface area contributed by atoms with Gasteiger partial charge in [-0.3, -0.25) is 14.4 Å². The van der Waals surface area contributed by atoms with Crippen molar-refractivity contribution in [2.24, 2.45) is 0 Å². The van der Waals surface area contributed by atoms with Gasteiger partial charge in [0.1, 0.15) is 6.54 Å². The van der Waals surface area contributed by atoms with Crippen LogP contribution >= 0.6 is 0 Å². The van der Waals surface area contributed by atoms with E-state index < -0.39 is 5.97 Å². The number of amides is 2. The van der Waals surface area contributed by atoms with Crippen molar-refractivity contribution < 1.29 is 19.1 Å². The quantitative estimate of drug-likeness (QED) is 0.849. The number of carbonyl (C=O) groups excluding carboxylic acids is 3. The number of carbonyl (C=O) groups is 3. The van der Waals surface area contributed by atoms with Crippen LogP contribution < -0.4 is 5.32 Å². The number of methoxy groups -OCH3 is 1. The molecule has 0 fully saturated rings. The van der Waals surface area contributed by atoms with Gasteiger partial charge in [-0.25, -0.2) is 0 Å². The summed E-state index contributed by atoms with van der Waals surface area (Å²) in [5.74, 6) is -0.969. The minimum Gasteiger partial charge on any atom is -0.468 e. The second-order valence-electron chi connectivity index (χ2n) is 4.94. The highest BCUT2D eigenvalue weighted by atomic mass is 16.5. The van der Waals surface area contributed by atoms with Crippen molar-refractivity contribution in [1.82, 2.24) is 10.2 Å². The Kier molecular flexibility index (Phi) is 4.93. The average molecular weight is 302 g/mol. The molecule has 0 bridgehead atoms. The van der Waals surface area contributed by atoms with Gasteiger partial charge in [-0.2, -0.15) is 0 Å². The Morgan fingerprint density at radius 3 is 2.68 bits per heavy atom. The van der Waals surface area contributed by atoms with Crippen LogP contribution in [0.5, 0.6) is 0 Å². The Morgan fingerprint density at radius 1 is 1.27 bits per heavy atom. The summed E-state index contributed by atoms with van der Waals surface area (Å²) >= 11 is 0. The Bertz CT molecular complexity index is 624. The molecule has 1 aliphatic heterocycles. The van der Waals surface area contributed by atoms with E-state index in [1.807, 2.05) is 30.3 Å². The molecule has 1 heterocycles. The number of hydrogen-bond acceptors (Lipinski definition) is 4. The minimum absolute atomic E-state index is 0.0813. The third kappa shape index (κ3) is 3.52. The van der Waals surface area contributed by atoms with E-state index in [4.69, 9.17) is 0 Å². The molecule has 1 aliphatic rings. The van der Waals surface area contributed by atoms with E-state index in [0.717, 1.165) is 11.1 Å². The van der Waals surface area contributed by atoms with E-state index in [2.05, 4.69) is 10.1 Å². The molecule has 116 valence electrons. The standard InChI is InChI=1S/C16H18N2O4/c1-11(19)18-8-7-12-5-3-4-6-13(12)14(18)9-15(20)17-10-16(21)22-2/h3-8,14H,9-10H2,1-2H3,(H,17,20). The van der Waals surface area contributed by atoms with Crippen molar-refractivity contribution in [3.05, 3.63) is 41.6 Å². The lowest BCUT2D eigenvalue weighted by atomic mass is 9.93. The van der Waals surface area contributed by atoms with Crippen LogP contribution in [-0.2, 0) is 19.1 Å². The molecule has 0 radical (unpaired) electrons. The highest BCUT2D eigenvalue weighted by molar-refractivity contribution is 5.84. The lowest BCUT2D eigenvalue weighted by Gasteiger charge is -2.32. The zero-order valence-corrected chi connectivity index (χ0v) is 12.5. The fourth-order valence-electron chi connectivity index (χ4n) is 2.40. The molecule has 0 spiro atoms. The minimum atomic E-state index is -0.513. The summed E-state index contributed by atoms with van der Waals surface area (Å²) in [6.45, 7) is 1.28. The van der Waals surface area contributed by atoms with Crippen LogP contribution in [0.15, 0.2) is 30.5 Å². The maximum absolute atomic E-state index is 12.0. The van der Waals surface area contributed by atoms with Gasteiger partial charge < -0.3 is 15.0 Å². The zero-order chi connectivity index (χ0) is 16.1. The van der Waals surface area contributed by atoms with Crippen LogP contribution in [-0.4, -0.2) is 36.3 Å². The van der Waals surface area contributed by atoms with E-state index >= 15 is 0 Å². The van der Waals surface area contributed by atoms with Crippen molar-refractivity contribution in [1.29, 1.82) is 0 Å². The van der Waals surface area contributed by atoms with Crippen molar-refractivity contribution in [3.8, 4) is 0 Å². The van der Waals surface area contributed by atoms with Gasteiger partial charge in [-0.15, -0.1) is 0 Å². The summed E-state index contributed by atoms with van der Waals surface area (Å²) < 4.78 is 4.48. The number of nitrogens with zero attached hydrogens (tertiary/aromatic N) is 1. The average Bonchev–Trinajstić information content (AvgIpc) is 2.52. The summed E-state index contributed by atoms with van der Waals surface area (Å²) in [6, 6.07) is 7.23. The molecule has 2 amide bonds. The second-order valence-corrected chi connectivity index (χ2v) is 4.94. The second kappa shape index (κ2) is 6.89. The predicted molar refractivity (Wildman–Crippen MR) is 80.4 cm³/mol. The number of hydrogen-bond donors (Lipinski definition) is 1. The van der Waals surface area contributed by atoms with Gasteiger partial charge in [0, 0.05) is 13.1 Å². The largest absolute Gasteiger partial charge is 0.468 e. The van der Waals surface area contributed by atoms with E-state index in [9.17, 15) is 14.4 Å². The predicted octanol–water partition coefficient (Wildman–Crippen LogP) is 1.24. The summed E-state index contributed by atoms with van der Waals surface area (Å²) in [7, 11) is 1.26. The van der Waals surface area contributed by atoms with Crippen molar-refractivity contribution >= 4 is 23.9 Å². The Labute approximate surface area is 128 Å². The van der Waals surface area contributed by atoms with Crippen molar-refractivity contribution in [3.63, 3.8) is 0 Å². The molecule has 0 saturated heterocycles. The molecule has 2 rings (SSSR count). The van der Waals surface area contributed by atoms with Crippen LogP contribution in [0.2, 0.25) is 0 Å². The molecule has 6 heteroatoms. The first-order valence-corrected chi connectivity index (χ1v) is 6.92. The topological polar surface area (TPSA) is 75.7 Å². The highest BCUT2D eigenvalue weighted by Crippen LogP contribution is 2.32. The first-order chi connectivity index (χ1) is 10.5. The van der Waals surface area contributed by atoms with Crippen LogP contribution in [0.3, 0.4) is 0 Å². The SMILES string of the molecule is COC(=O)CNC(=O)CC1c2ccccc2C=CN1C(C)=O. The molecule has 0 aliphatic carbocycles. The van der Waals surface area contributed by atoms with Crippen molar-refractivity contribution in [2.75, 3.05) is 13.7 Å². The van der Waals surface area contributed by atoms with Gasteiger partial charge in [-0.1, -0.05) is 24.3 Å². The maximum Gasteiger partial charge on any atom is 0.325 e. The molecule has 0 saturated carbocycles. The van der Waals surface area contributed by atoms with Gasteiger partial charge in [0.15, 0.2) is 0 Å². The molecule has 1 aromatic rings. The first-order valence-electron chi connectivity index (χ1n) is 6.92. The molecule has 22 heavy (non-hydrogen) atoms. The smallest absolute Gasteiger partial charge is 0.325 e. The summed E-state index contributed by atoms with van der Waals surface area (Å²) in [5.41, 5.74) is 1.89. The zero-order valence-electron chi connectivity index (χ0n) is 12.5. The molecule has 1 unspecified atom stereocenters. The Hall–Kier alpha value is -2.63. The van der Waals surface area contributed by atoms with Crippen LogP contribution in [0.4, 0.5) is 0 Å². The molecule has 0 aromatic heterocycles. The van der Waals surface area contributed by atoms with Crippen LogP contribution in [0.25, 0.3) is 6.08 Å². The molecule has 1 aromatic carbocycles. The molecule has 6 nitrogen and oxygen atoms in total. The lowest BCUT2D eigenvalue weighted by molar-refractivity contribution is -0.141. The van der Waals surface area contributed by atoms with Crippen LogP contribution in [0, 0.1) is 0 Å². The number of fused-ring (bicyclic) bond motifs is 1. The highest BCUT2D eigenvalue weighted by Gasteiger charge is 2.28. The normalized spacial score (nSPS) is 15.9. The number of benzene rings is 1. The van der Waals surface area contributed by atoms with Gasteiger partial charge >= 0.3 is 5.97 Å². The maximum atomic E-state index is 12.0. The van der Waals surface area contributed by atoms with E-state index in [1.54, 1.807) is 6.20 Å². The van der Waals surface area contributed by atoms with E-state index in [-0.39, 0.29) is 30.8 Å².